The first-order chi connectivity index (χ1) is 12.8. The van der Waals surface area contributed by atoms with Gasteiger partial charge in [-0.1, -0.05) is 17.7 Å². The Bertz CT molecular complexity index is 781. The Morgan fingerprint density at radius 1 is 1.26 bits per heavy atom. The lowest BCUT2D eigenvalue weighted by molar-refractivity contribution is -0.122. The molecule has 5 nitrogen and oxygen atoms in total. The first-order valence-electron chi connectivity index (χ1n) is 8.48. The third-order valence-corrected chi connectivity index (χ3v) is 4.54. The van der Waals surface area contributed by atoms with Crippen LogP contribution in [0.3, 0.4) is 0 Å². The van der Waals surface area contributed by atoms with E-state index in [1.54, 1.807) is 50.4 Å². The molecule has 0 aromatic heterocycles. The van der Waals surface area contributed by atoms with Crippen molar-refractivity contribution >= 4 is 17.5 Å². The molecule has 0 spiro atoms. The molecule has 0 unspecified atom stereocenters. The number of rotatable bonds is 8. The molecule has 7 heteroatoms. The molecular weight excluding hydrogens is 371 g/mol. The smallest absolute Gasteiger partial charge is 0.234 e. The van der Waals surface area contributed by atoms with E-state index in [0.29, 0.717) is 22.1 Å². The maximum Gasteiger partial charge on any atom is 0.234 e. The van der Waals surface area contributed by atoms with E-state index in [1.165, 1.54) is 6.07 Å². The van der Waals surface area contributed by atoms with E-state index in [4.69, 9.17) is 21.1 Å². The number of amides is 1. The van der Waals surface area contributed by atoms with Gasteiger partial charge in [-0.3, -0.25) is 9.69 Å². The number of ether oxygens (including phenoxy) is 2. The van der Waals surface area contributed by atoms with Crippen molar-refractivity contribution in [3.63, 3.8) is 0 Å². The highest BCUT2D eigenvalue weighted by atomic mass is 35.5. The summed E-state index contributed by atoms with van der Waals surface area (Å²) in [6.07, 6.45) is 0. The number of likely N-dealkylation sites (N-methyl/N-ethyl adjacent to an activating group) is 1. The largest absolute Gasteiger partial charge is 0.497 e. The lowest BCUT2D eigenvalue weighted by atomic mass is 10.1. The second kappa shape index (κ2) is 9.58. The van der Waals surface area contributed by atoms with E-state index in [0.717, 1.165) is 5.56 Å². The number of methoxy groups -OCH3 is 2. The number of halogens is 2. The fourth-order valence-electron chi connectivity index (χ4n) is 2.80. The van der Waals surface area contributed by atoms with Crippen LogP contribution in [-0.2, 0) is 11.3 Å². The molecule has 2 aromatic rings. The third kappa shape index (κ3) is 5.58. The molecule has 0 saturated carbocycles. The first kappa shape index (κ1) is 21.0. The molecule has 1 atom stereocenters. The minimum atomic E-state index is -0.385. The van der Waals surface area contributed by atoms with Crippen molar-refractivity contribution in [3.8, 4) is 11.5 Å². The van der Waals surface area contributed by atoms with Crippen LogP contribution in [-0.4, -0.2) is 38.6 Å². The average Bonchev–Trinajstić information content (AvgIpc) is 2.64. The van der Waals surface area contributed by atoms with Gasteiger partial charge in [-0.15, -0.1) is 0 Å². The van der Waals surface area contributed by atoms with Crippen molar-refractivity contribution < 1.29 is 18.7 Å². The topological polar surface area (TPSA) is 50.8 Å². The quantitative estimate of drug-likeness (QED) is 0.739. The number of nitrogens with zero attached hydrogens (tertiary/aromatic N) is 1. The molecule has 0 heterocycles. The van der Waals surface area contributed by atoms with Gasteiger partial charge in [-0.05, 0) is 44.3 Å². The summed E-state index contributed by atoms with van der Waals surface area (Å²) < 4.78 is 24.5. The molecule has 0 aliphatic heterocycles. The molecule has 0 aliphatic carbocycles. The Hall–Kier alpha value is -2.31. The molecule has 1 amide bonds. The van der Waals surface area contributed by atoms with E-state index in [2.05, 4.69) is 5.32 Å². The van der Waals surface area contributed by atoms with Crippen LogP contribution in [0, 0.1) is 5.82 Å². The SMILES string of the molecule is COc1ccc(OC)c([C@@H](C)NC(=O)CN(C)Cc2c(F)cccc2Cl)c1. The van der Waals surface area contributed by atoms with E-state index >= 15 is 0 Å². The van der Waals surface area contributed by atoms with Gasteiger partial charge < -0.3 is 14.8 Å². The Kier molecular flexibility index (Phi) is 7.45. The zero-order valence-corrected chi connectivity index (χ0v) is 16.6. The second-order valence-electron chi connectivity index (χ2n) is 6.27. The van der Waals surface area contributed by atoms with Gasteiger partial charge in [0.05, 0.1) is 26.8 Å². The van der Waals surface area contributed by atoms with Gasteiger partial charge in [0.15, 0.2) is 0 Å². The average molecular weight is 395 g/mol. The predicted molar refractivity (Wildman–Crippen MR) is 104 cm³/mol. The van der Waals surface area contributed by atoms with Crippen molar-refractivity contribution in [3.05, 3.63) is 58.4 Å². The number of benzene rings is 2. The van der Waals surface area contributed by atoms with Crippen LogP contribution in [0.1, 0.15) is 24.1 Å². The second-order valence-corrected chi connectivity index (χ2v) is 6.68. The highest BCUT2D eigenvalue weighted by molar-refractivity contribution is 6.31. The van der Waals surface area contributed by atoms with Crippen LogP contribution in [0.25, 0.3) is 0 Å². The van der Waals surface area contributed by atoms with Gasteiger partial charge >= 0.3 is 0 Å². The molecule has 0 aliphatic rings. The zero-order valence-electron chi connectivity index (χ0n) is 15.9. The molecule has 2 rings (SSSR count). The van der Waals surface area contributed by atoms with Crippen molar-refractivity contribution in [2.24, 2.45) is 0 Å². The van der Waals surface area contributed by atoms with Crippen LogP contribution in [0.5, 0.6) is 11.5 Å². The molecule has 1 N–H and O–H groups in total. The van der Waals surface area contributed by atoms with E-state index in [1.807, 2.05) is 13.0 Å². The zero-order chi connectivity index (χ0) is 20.0. The summed E-state index contributed by atoms with van der Waals surface area (Å²) in [5.74, 6) is 0.764. The molecule has 146 valence electrons. The first-order valence-corrected chi connectivity index (χ1v) is 8.86. The number of nitrogens with one attached hydrogen (secondary N) is 1. The Labute approximate surface area is 164 Å². The highest BCUT2D eigenvalue weighted by Crippen LogP contribution is 2.29. The van der Waals surface area contributed by atoms with Crippen molar-refractivity contribution in [1.82, 2.24) is 10.2 Å². The Balaban J connectivity index is 2.00. The van der Waals surface area contributed by atoms with Crippen LogP contribution in [0.4, 0.5) is 4.39 Å². The predicted octanol–water partition coefficient (Wildman–Crippen LogP) is 3.81. The van der Waals surface area contributed by atoms with Gasteiger partial charge in [0, 0.05) is 22.7 Å². The monoisotopic (exact) mass is 394 g/mol. The van der Waals surface area contributed by atoms with Gasteiger partial charge in [0.1, 0.15) is 17.3 Å². The van der Waals surface area contributed by atoms with E-state index < -0.39 is 0 Å². The number of hydrogen-bond acceptors (Lipinski definition) is 4. The Morgan fingerprint density at radius 3 is 2.63 bits per heavy atom. The van der Waals surface area contributed by atoms with Gasteiger partial charge in [0.25, 0.3) is 0 Å². The maximum atomic E-state index is 13.9. The molecule has 0 fully saturated rings. The molecule has 27 heavy (non-hydrogen) atoms. The van der Waals surface area contributed by atoms with Crippen molar-refractivity contribution in [2.45, 2.75) is 19.5 Å². The van der Waals surface area contributed by atoms with Gasteiger partial charge in [-0.2, -0.15) is 0 Å². The molecule has 0 radical (unpaired) electrons. The fourth-order valence-corrected chi connectivity index (χ4v) is 3.02. The number of carbonyl (C=O) groups is 1. The fraction of sp³-hybridized carbons (Fsp3) is 0.350. The molecule has 0 saturated heterocycles. The number of hydrogen-bond donors (Lipinski definition) is 1. The van der Waals surface area contributed by atoms with Crippen molar-refractivity contribution in [2.75, 3.05) is 27.8 Å². The van der Waals surface area contributed by atoms with Gasteiger partial charge in [-0.25, -0.2) is 4.39 Å². The normalized spacial score (nSPS) is 12.0. The summed E-state index contributed by atoms with van der Waals surface area (Å²) in [5.41, 5.74) is 1.18. The summed E-state index contributed by atoms with van der Waals surface area (Å²) in [6.45, 7) is 2.19. The summed E-state index contributed by atoms with van der Waals surface area (Å²) in [4.78, 5) is 14.1. The highest BCUT2D eigenvalue weighted by Gasteiger charge is 2.17. The lowest BCUT2D eigenvalue weighted by Crippen LogP contribution is -2.36. The van der Waals surface area contributed by atoms with Crippen LogP contribution >= 0.6 is 11.6 Å². The Morgan fingerprint density at radius 2 is 2.00 bits per heavy atom. The van der Waals surface area contributed by atoms with Crippen LogP contribution < -0.4 is 14.8 Å². The summed E-state index contributed by atoms with van der Waals surface area (Å²) in [5, 5.41) is 3.27. The van der Waals surface area contributed by atoms with Crippen molar-refractivity contribution in [1.29, 1.82) is 0 Å². The number of carbonyl (C=O) groups excluding carboxylic acids is 1. The standard InChI is InChI=1S/C20H24ClFN2O3/c1-13(15-10-14(26-3)8-9-19(15)27-4)23-20(25)12-24(2)11-16-17(21)6-5-7-18(16)22/h5-10,13H,11-12H2,1-4H3,(H,23,25)/t13-/m1/s1. The third-order valence-electron chi connectivity index (χ3n) is 4.18. The van der Waals surface area contributed by atoms with E-state index in [9.17, 15) is 9.18 Å². The minimum Gasteiger partial charge on any atom is -0.497 e. The molecular formula is C20H24ClFN2O3. The summed E-state index contributed by atoms with van der Waals surface area (Å²) in [6, 6.07) is 9.67. The molecule has 2 aromatic carbocycles. The maximum absolute atomic E-state index is 13.9. The van der Waals surface area contributed by atoms with E-state index in [-0.39, 0.29) is 30.9 Å². The van der Waals surface area contributed by atoms with Crippen LogP contribution in [0.2, 0.25) is 5.02 Å². The van der Waals surface area contributed by atoms with Gasteiger partial charge in [0.2, 0.25) is 5.91 Å². The van der Waals surface area contributed by atoms with Crippen LogP contribution in [0.15, 0.2) is 36.4 Å². The minimum absolute atomic E-state index is 0.0985. The summed E-state index contributed by atoms with van der Waals surface area (Å²) >= 11 is 6.04. The lowest BCUT2D eigenvalue weighted by Gasteiger charge is -2.21. The summed E-state index contributed by atoms with van der Waals surface area (Å²) in [7, 11) is 4.89. The molecule has 0 bridgehead atoms.